The van der Waals surface area contributed by atoms with Gasteiger partial charge in [0, 0.05) is 16.9 Å². The van der Waals surface area contributed by atoms with E-state index in [0.29, 0.717) is 10.9 Å². The van der Waals surface area contributed by atoms with Gasteiger partial charge in [-0.3, -0.25) is 15.0 Å². The maximum absolute atomic E-state index is 12.8. The molecule has 3 aromatic rings. The van der Waals surface area contributed by atoms with Gasteiger partial charge in [-0.25, -0.2) is 9.59 Å². The third-order valence-corrected chi connectivity index (χ3v) is 5.98. The lowest BCUT2D eigenvalue weighted by Crippen LogP contribution is -2.39. The summed E-state index contributed by atoms with van der Waals surface area (Å²) in [6, 6.07) is 12.8. The van der Waals surface area contributed by atoms with Crippen molar-refractivity contribution in [2.75, 3.05) is 5.32 Å². The summed E-state index contributed by atoms with van der Waals surface area (Å²) in [5.74, 6) is -0.500. The number of fused-ring (bicyclic) bond motifs is 1. The van der Waals surface area contributed by atoms with E-state index in [-0.39, 0.29) is 29.6 Å². The van der Waals surface area contributed by atoms with Gasteiger partial charge in [-0.15, -0.1) is 0 Å². The highest BCUT2D eigenvalue weighted by molar-refractivity contribution is 6.13. The first-order chi connectivity index (χ1) is 16.4. The first-order valence-electron chi connectivity index (χ1n) is 11.6. The quantitative estimate of drug-likeness (QED) is 0.401. The minimum absolute atomic E-state index is 0.127. The van der Waals surface area contributed by atoms with Gasteiger partial charge in [0.2, 0.25) is 0 Å². The van der Waals surface area contributed by atoms with Crippen LogP contribution in [0.1, 0.15) is 62.5 Å². The zero-order valence-corrected chi connectivity index (χ0v) is 20.3. The summed E-state index contributed by atoms with van der Waals surface area (Å²) in [5.41, 5.74) is 13.9. The number of anilines is 1. The number of hydrogen-bond donors (Lipinski definition) is 4. The summed E-state index contributed by atoms with van der Waals surface area (Å²) in [7, 11) is 0. The van der Waals surface area contributed by atoms with Crippen LogP contribution in [0.3, 0.4) is 0 Å². The summed E-state index contributed by atoms with van der Waals surface area (Å²) in [6.07, 6.45) is 1.68. The Hall–Kier alpha value is -4.01. The molecule has 2 aromatic carbocycles. The number of ether oxygens (including phenoxy) is 1. The van der Waals surface area contributed by atoms with Crippen LogP contribution in [-0.4, -0.2) is 39.6 Å². The molecular weight excluding hydrogens is 446 g/mol. The van der Waals surface area contributed by atoms with Crippen LogP contribution in [0.4, 0.5) is 15.4 Å². The van der Waals surface area contributed by atoms with Gasteiger partial charge < -0.3 is 21.2 Å². The van der Waals surface area contributed by atoms with Gasteiger partial charge in [0.25, 0.3) is 5.91 Å². The molecule has 0 aliphatic heterocycles. The Bertz CT molecular complexity index is 1290. The van der Waals surface area contributed by atoms with Gasteiger partial charge in [0.15, 0.2) is 0 Å². The molecular formula is C26H31N5O4. The number of amides is 4. The molecule has 1 aromatic heterocycles. The van der Waals surface area contributed by atoms with E-state index in [1.807, 2.05) is 69.0 Å². The van der Waals surface area contributed by atoms with E-state index in [4.69, 9.17) is 16.2 Å². The molecule has 35 heavy (non-hydrogen) atoms. The van der Waals surface area contributed by atoms with E-state index >= 15 is 0 Å². The molecule has 0 radical (unpaired) electrons. The van der Waals surface area contributed by atoms with Crippen molar-refractivity contribution in [1.29, 1.82) is 0 Å². The predicted octanol–water partition coefficient (Wildman–Crippen LogP) is 4.88. The van der Waals surface area contributed by atoms with E-state index in [1.165, 1.54) is 0 Å². The third kappa shape index (κ3) is 5.24. The van der Waals surface area contributed by atoms with Crippen LogP contribution < -0.4 is 16.8 Å². The number of urea groups is 1. The molecule has 1 aliphatic carbocycles. The highest BCUT2D eigenvalue weighted by atomic mass is 16.6. The molecule has 1 atom stereocenters. The lowest BCUT2D eigenvalue weighted by molar-refractivity contribution is 0.0153. The summed E-state index contributed by atoms with van der Waals surface area (Å²) >= 11 is 0. The van der Waals surface area contributed by atoms with Crippen LogP contribution >= 0.6 is 0 Å². The number of rotatable bonds is 6. The Balaban J connectivity index is 1.60. The number of nitrogens with zero attached hydrogens (tertiary/aromatic N) is 1. The SMILES string of the molecule is CC(c1ccc(-c2ccc3c(C(N)=O)c(NC(N)=O)[nH]c3c2)cc1)N(C(=O)OC(C)(C)C)C1CC1. The van der Waals surface area contributed by atoms with Gasteiger partial charge in [0.05, 0.1) is 11.6 Å². The maximum atomic E-state index is 12.8. The summed E-state index contributed by atoms with van der Waals surface area (Å²) in [5, 5.41) is 3.00. The minimum Gasteiger partial charge on any atom is -0.444 e. The van der Waals surface area contributed by atoms with Crippen LogP contribution in [0.5, 0.6) is 0 Å². The number of primary amides is 2. The van der Waals surface area contributed by atoms with Crippen molar-refractivity contribution in [3.63, 3.8) is 0 Å². The highest BCUT2D eigenvalue weighted by Gasteiger charge is 2.38. The smallest absolute Gasteiger partial charge is 0.411 e. The molecule has 0 bridgehead atoms. The molecule has 6 N–H and O–H groups in total. The van der Waals surface area contributed by atoms with Crippen LogP contribution in [-0.2, 0) is 4.74 Å². The fraction of sp³-hybridized carbons (Fsp3) is 0.346. The number of carbonyl (C=O) groups is 3. The molecule has 1 unspecified atom stereocenters. The molecule has 0 spiro atoms. The van der Waals surface area contributed by atoms with E-state index in [2.05, 4.69) is 10.3 Å². The number of nitrogens with two attached hydrogens (primary N) is 2. The lowest BCUT2D eigenvalue weighted by atomic mass is 9.99. The van der Waals surface area contributed by atoms with Crippen molar-refractivity contribution >= 4 is 34.8 Å². The Morgan fingerprint density at radius 1 is 1.06 bits per heavy atom. The molecule has 1 fully saturated rings. The number of aromatic amines is 1. The van der Waals surface area contributed by atoms with Gasteiger partial charge in [-0.05, 0) is 63.3 Å². The van der Waals surface area contributed by atoms with Crippen LogP contribution in [0.15, 0.2) is 42.5 Å². The monoisotopic (exact) mass is 477 g/mol. The molecule has 1 heterocycles. The average Bonchev–Trinajstić information content (AvgIpc) is 3.51. The van der Waals surface area contributed by atoms with Gasteiger partial charge in [0.1, 0.15) is 11.4 Å². The molecule has 4 amide bonds. The highest BCUT2D eigenvalue weighted by Crippen LogP contribution is 2.36. The Kier molecular flexibility index (Phi) is 6.19. The van der Waals surface area contributed by atoms with Crippen molar-refractivity contribution in [1.82, 2.24) is 9.88 Å². The van der Waals surface area contributed by atoms with Crippen LogP contribution in [0.2, 0.25) is 0 Å². The van der Waals surface area contributed by atoms with E-state index < -0.39 is 17.5 Å². The maximum Gasteiger partial charge on any atom is 0.411 e. The molecule has 0 saturated heterocycles. The molecule has 1 aliphatic rings. The topological polar surface area (TPSA) is 144 Å². The zero-order valence-electron chi connectivity index (χ0n) is 20.3. The zero-order chi connectivity index (χ0) is 25.5. The normalized spacial score (nSPS) is 14.4. The van der Waals surface area contributed by atoms with E-state index in [0.717, 1.165) is 29.5 Å². The van der Waals surface area contributed by atoms with Crippen LogP contribution in [0, 0.1) is 0 Å². The number of carbonyl (C=O) groups excluding carboxylic acids is 3. The Morgan fingerprint density at radius 3 is 2.23 bits per heavy atom. The van der Waals surface area contributed by atoms with Crippen molar-refractivity contribution in [3.8, 4) is 11.1 Å². The first-order valence-corrected chi connectivity index (χ1v) is 11.6. The number of hydrogen-bond acceptors (Lipinski definition) is 4. The second-order valence-electron chi connectivity index (χ2n) is 9.91. The second-order valence-corrected chi connectivity index (χ2v) is 9.91. The van der Waals surface area contributed by atoms with Crippen molar-refractivity contribution in [2.24, 2.45) is 11.5 Å². The Labute approximate surface area is 203 Å². The fourth-order valence-corrected chi connectivity index (χ4v) is 4.26. The second kappa shape index (κ2) is 8.98. The molecule has 9 nitrogen and oxygen atoms in total. The summed E-state index contributed by atoms with van der Waals surface area (Å²) in [4.78, 5) is 40.9. The van der Waals surface area contributed by atoms with Gasteiger partial charge in [-0.1, -0.05) is 36.4 Å². The van der Waals surface area contributed by atoms with Crippen LogP contribution in [0.25, 0.3) is 22.0 Å². The summed E-state index contributed by atoms with van der Waals surface area (Å²) < 4.78 is 5.65. The van der Waals surface area contributed by atoms with E-state index in [9.17, 15) is 14.4 Å². The predicted molar refractivity (Wildman–Crippen MR) is 135 cm³/mol. The van der Waals surface area contributed by atoms with E-state index in [1.54, 1.807) is 6.07 Å². The molecule has 9 heteroatoms. The molecule has 4 rings (SSSR count). The number of H-pyrrole nitrogens is 1. The lowest BCUT2D eigenvalue weighted by Gasteiger charge is -2.32. The van der Waals surface area contributed by atoms with Gasteiger partial charge in [-0.2, -0.15) is 0 Å². The largest absolute Gasteiger partial charge is 0.444 e. The standard InChI is InChI=1S/C26H31N5O4/c1-14(31(18-10-11-18)25(34)35-26(2,3)4)15-5-7-16(8-6-15)17-9-12-19-20(13-17)29-23(30-24(28)33)21(19)22(27)32/h5-9,12-14,18,29H,10-11H2,1-4H3,(H2,27,32)(H3,28,30,33). The third-order valence-electron chi connectivity index (χ3n) is 5.98. The first kappa shape index (κ1) is 24.1. The van der Waals surface area contributed by atoms with Crippen molar-refractivity contribution < 1.29 is 19.1 Å². The average molecular weight is 478 g/mol. The molecule has 1 saturated carbocycles. The van der Waals surface area contributed by atoms with Gasteiger partial charge >= 0.3 is 12.1 Å². The molecule has 184 valence electrons. The minimum atomic E-state index is -0.796. The number of aromatic nitrogens is 1. The Morgan fingerprint density at radius 2 is 1.69 bits per heavy atom. The van der Waals surface area contributed by atoms with Crippen molar-refractivity contribution in [2.45, 2.75) is 58.2 Å². The fourth-order valence-electron chi connectivity index (χ4n) is 4.26. The van der Waals surface area contributed by atoms with Crippen molar-refractivity contribution in [3.05, 3.63) is 53.6 Å². The number of nitrogens with one attached hydrogen (secondary N) is 2. The summed E-state index contributed by atoms with van der Waals surface area (Å²) in [6.45, 7) is 7.63. The number of benzene rings is 2.